The lowest BCUT2D eigenvalue weighted by atomic mass is 10.1. The Morgan fingerprint density at radius 2 is 1.88 bits per heavy atom. The molecule has 32 heavy (non-hydrogen) atoms. The van der Waals surface area contributed by atoms with E-state index in [-0.39, 0.29) is 6.03 Å². The predicted octanol–water partition coefficient (Wildman–Crippen LogP) is 5.09. The molecule has 168 valence electrons. The molecule has 6 nitrogen and oxygen atoms in total. The number of hydrogen-bond acceptors (Lipinski definition) is 3. The number of likely N-dealkylation sites (tertiary alicyclic amines) is 1. The first-order valence-corrected chi connectivity index (χ1v) is 11.9. The topological polar surface area (TPSA) is 50.6 Å². The van der Waals surface area contributed by atoms with Crippen LogP contribution in [0.25, 0.3) is 11.0 Å². The highest BCUT2D eigenvalue weighted by Gasteiger charge is 2.26. The van der Waals surface area contributed by atoms with Crippen LogP contribution in [0.1, 0.15) is 44.0 Å². The first-order valence-electron chi connectivity index (χ1n) is 11.9. The van der Waals surface area contributed by atoms with E-state index in [0.717, 1.165) is 73.1 Å². The van der Waals surface area contributed by atoms with Gasteiger partial charge in [0, 0.05) is 38.8 Å². The van der Waals surface area contributed by atoms with Crippen LogP contribution < -0.4 is 9.64 Å². The molecule has 0 unspecified atom stereocenters. The molecule has 1 aliphatic carbocycles. The van der Waals surface area contributed by atoms with Gasteiger partial charge in [-0.1, -0.05) is 12.1 Å². The van der Waals surface area contributed by atoms with Crippen LogP contribution in [0.5, 0.6) is 5.75 Å². The summed E-state index contributed by atoms with van der Waals surface area (Å²) in [5.41, 5.74) is 4.24. The first kappa shape index (κ1) is 20.9. The van der Waals surface area contributed by atoms with E-state index in [0.29, 0.717) is 6.61 Å². The third kappa shape index (κ3) is 4.31. The summed E-state index contributed by atoms with van der Waals surface area (Å²) in [6, 6.07) is 14.6. The van der Waals surface area contributed by atoms with Gasteiger partial charge in [0.15, 0.2) is 0 Å². The molecule has 1 saturated heterocycles. The van der Waals surface area contributed by atoms with Crippen LogP contribution in [0.3, 0.4) is 0 Å². The normalized spacial score (nSPS) is 16.0. The number of benzene rings is 2. The Morgan fingerprint density at radius 1 is 1.12 bits per heavy atom. The molecule has 6 heteroatoms. The Kier molecular flexibility index (Phi) is 5.77. The van der Waals surface area contributed by atoms with Gasteiger partial charge in [0.2, 0.25) is 0 Å². The highest BCUT2D eigenvalue weighted by atomic mass is 16.5. The summed E-state index contributed by atoms with van der Waals surface area (Å²) in [6.45, 7) is 5.40. The molecule has 2 amide bonds. The molecule has 1 saturated carbocycles. The third-order valence-corrected chi connectivity index (χ3v) is 6.60. The first-order chi connectivity index (χ1) is 15.6. The molecule has 2 aliphatic rings. The van der Waals surface area contributed by atoms with Gasteiger partial charge in [-0.2, -0.15) is 0 Å². The van der Waals surface area contributed by atoms with Crippen molar-refractivity contribution in [1.82, 2.24) is 14.5 Å². The van der Waals surface area contributed by atoms with Crippen molar-refractivity contribution in [3.63, 3.8) is 0 Å². The Bertz CT molecular complexity index is 1090. The van der Waals surface area contributed by atoms with Crippen LogP contribution in [0.15, 0.2) is 42.5 Å². The van der Waals surface area contributed by atoms with E-state index in [1.54, 1.807) is 4.90 Å². The highest BCUT2D eigenvalue weighted by molar-refractivity contribution is 5.94. The van der Waals surface area contributed by atoms with E-state index in [4.69, 9.17) is 9.72 Å². The number of hydrogen-bond donors (Lipinski definition) is 0. The maximum Gasteiger partial charge on any atom is 0.324 e. The van der Waals surface area contributed by atoms with Crippen molar-refractivity contribution in [2.75, 3.05) is 31.6 Å². The zero-order valence-corrected chi connectivity index (χ0v) is 19.1. The molecule has 2 heterocycles. The molecule has 0 bridgehead atoms. The van der Waals surface area contributed by atoms with E-state index < -0.39 is 0 Å². The van der Waals surface area contributed by atoms with Crippen molar-refractivity contribution in [3.8, 4) is 5.75 Å². The van der Waals surface area contributed by atoms with Gasteiger partial charge in [0.05, 0.1) is 17.6 Å². The SMILES string of the molecule is CCOc1ccc(Cc2nc3cc(N(C)C(=O)N4CCCC4)ccc3n2CC2CC2)cc1. The third-order valence-electron chi connectivity index (χ3n) is 6.60. The lowest BCUT2D eigenvalue weighted by Crippen LogP contribution is -2.39. The molecule has 0 N–H and O–H groups in total. The van der Waals surface area contributed by atoms with E-state index in [1.165, 1.54) is 18.4 Å². The molecule has 0 spiro atoms. The Hall–Kier alpha value is -3.02. The number of nitrogens with zero attached hydrogens (tertiary/aromatic N) is 4. The number of amides is 2. The Labute approximate surface area is 189 Å². The lowest BCUT2D eigenvalue weighted by Gasteiger charge is -2.24. The van der Waals surface area contributed by atoms with E-state index in [9.17, 15) is 4.79 Å². The van der Waals surface area contributed by atoms with Gasteiger partial charge in [-0.05, 0) is 74.4 Å². The maximum absolute atomic E-state index is 12.8. The second-order valence-corrected chi connectivity index (χ2v) is 9.04. The number of carbonyl (C=O) groups excluding carboxylic acids is 1. The minimum atomic E-state index is 0.0777. The number of urea groups is 1. The Morgan fingerprint density at radius 3 is 2.56 bits per heavy atom. The average molecular weight is 433 g/mol. The number of anilines is 1. The molecule has 0 radical (unpaired) electrons. The van der Waals surface area contributed by atoms with Gasteiger partial charge in [0.25, 0.3) is 0 Å². The minimum absolute atomic E-state index is 0.0777. The number of imidazole rings is 1. The van der Waals surface area contributed by atoms with E-state index >= 15 is 0 Å². The smallest absolute Gasteiger partial charge is 0.324 e. The maximum atomic E-state index is 12.8. The molecule has 3 aromatic rings. The zero-order valence-electron chi connectivity index (χ0n) is 19.1. The van der Waals surface area contributed by atoms with Crippen LogP contribution in [-0.4, -0.2) is 47.2 Å². The van der Waals surface area contributed by atoms with Gasteiger partial charge in [-0.15, -0.1) is 0 Å². The van der Waals surface area contributed by atoms with Crippen molar-refractivity contribution in [2.24, 2.45) is 5.92 Å². The number of ether oxygens (including phenoxy) is 1. The number of carbonyl (C=O) groups is 1. The summed E-state index contributed by atoms with van der Waals surface area (Å²) in [5.74, 6) is 2.74. The largest absolute Gasteiger partial charge is 0.494 e. The molecule has 1 aromatic heterocycles. The quantitative estimate of drug-likeness (QED) is 0.523. The second kappa shape index (κ2) is 8.85. The van der Waals surface area contributed by atoms with Crippen molar-refractivity contribution in [1.29, 1.82) is 0 Å². The minimum Gasteiger partial charge on any atom is -0.494 e. The molecular weight excluding hydrogens is 400 g/mol. The van der Waals surface area contributed by atoms with E-state index in [2.05, 4.69) is 34.9 Å². The van der Waals surface area contributed by atoms with Crippen molar-refractivity contribution in [2.45, 2.75) is 45.6 Å². The zero-order chi connectivity index (χ0) is 22.1. The predicted molar refractivity (Wildman–Crippen MR) is 127 cm³/mol. The van der Waals surface area contributed by atoms with Crippen molar-refractivity contribution < 1.29 is 9.53 Å². The fourth-order valence-corrected chi connectivity index (χ4v) is 4.56. The number of fused-ring (bicyclic) bond motifs is 1. The molecule has 2 aromatic carbocycles. The van der Waals surface area contributed by atoms with Gasteiger partial charge in [0.1, 0.15) is 11.6 Å². The van der Waals surface area contributed by atoms with Crippen molar-refractivity contribution >= 4 is 22.8 Å². The average Bonchev–Trinajstić information content (AvgIpc) is 3.33. The summed E-state index contributed by atoms with van der Waals surface area (Å²) >= 11 is 0. The van der Waals surface area contributed by atoms with Gasteiger partial charge < -0.3 is 14.2 Å². The van der Waals surface area contributed by atoms with Crippen LogP contribution >= 0.6 is 0 Å². The fourth-order valence-electron chi connectivity index (χ4n) is 4.56. The summed E-state index contributed by atoms with van der Waals surface area (Å²) in [4.78, 5) is 21.6. The standard InChI is InChI=1S/C26H32N4O2/c1-3-32-22-11-8-19(9-12-22)16-25-27-23-17-21(28(2)26(31)29-14-4-5-15-29)10-13-24(23)30(25)18-20-6-7-20/h8-13,17,20H,3-7,14-16,18H2,1-2H3. The second-order valence-electron chi connectivity index (χ2n) is 9.04. The summed E-state index contributed by atoms with van der Waals surface area (Å²) in [7, 11) is 1.86. The summed E-state index contributed by atoms with van der Waals surface area (Å²) < 4.78 is 7.96. The highest BCUT2D eigenvalue weighted by Crippen LogP contribution is 2.34. The van der Waals surface area contributed by atoms with Crippen molar-refractivity contribution in [3.05, 3.63) is 53.9 Å². The van der Waals surface area contributed by atoms with Gasteiger partial charge in [-0.3, -0.25) is 4.90 Å². The molecule has 2 fully saturated rings. The number of aromatic nitrogens is 2. The molecule has 0 atom stereocenters. The van der Waals surface area contributed by atoms with Crippen LogP contribution in [-0.2, 0) is 13.0 Å². The lowest BCUT2D eigenvalue weighted by molar-refractivity contribution is 0.217. The van der Waals surface area contributed by atoms with Gasteiger partial charge in [-0.25, -0.2) is 9.78 Å². The summed E-state index contributed by atoms with van der Waals surface area (Å²) in [5, 5.41) is 0. The molecule has 1 aliphatic heterocycles. The van der Waals surface area contributed by atoms with Crippen LogP contribution in [0.2, 0.25) is 0 Å². The Balaban J connectivity index is 1.43. The monoisotopic (exact) mass is 432 g/mol. The van der Waals surface area contributed by atoms with Gasteiger partial charge >= 0.3 is 6.03 Å². The molecule has 5 rings (SSSR count). The van der Waals surface area contributed by atoms with E-state index in [1.807, 2.05) is 31.0 Å². The summed E-state index contributed by atoms with van der Waals surface area (Å²) in [6.07, 6.45) is 5.57. The number of rotatable bonds is 7. The molecular formula is C26H32N4O2. The van der Waals surface area contributed by atoms with Crippen LogP contribution in [0.4, 0.5) is 10.5 Å². The van der Waals surface area contributed by atoms with Crippen LogP contribution in [0, 0.1) is 5.92 Å². The fraction of sp³-hybridized carbons (Fsp3) is 0.462.